The number of amides is 3. The minimum absolute atomic E-state index is 0.212. The molecule has 120 valence electrons. The van der Waals surface area contributed by atoms with Gasteiger partial charge in [0.25, 0.3) is 5.91 Å². The van der Waals surface area contributed by atoms with Crippen molar-refractivity contribution in [2.75, 3.05) is 16.9 Å². The number of urea groups is 1. The number of benzene rings is 1. The highest BCUT2D eigenvalue weighted by molar-refractivity contribution is 6.22. The largest absolute Gasteiger partial charge is 0.332 e. The van der Waals surface area contributed by atoms with Gasteiger partial charge in [-0.25, -0.2) is 9.69 Å². The Morgan fingerprint density at radius 2 is 2.08 bits per heavy atom. The van der Waals surface area contributed by atoms with Gasteiger partial charge in [0.2, 0.25) is 5.71 Å². The number of fused-ring (bicyclic) bond motifs is 1. The van der Waals surface area contributed by atoms with Gasteiger partial charge < -0.3 is 4.90 Å². The number of anilines is 2. The van der Waals surface area contributed by atoms with Gasteiger partial charge >= 0.3 is 6.03 Å². The van der Waals surface area contributed by atoms with Gasteiger partial charge in [-0.05, 0) is 37.5 Å². The van der Waals surface area contributed by atoms with E-state index in [2.05, 4.69) is 10.5 Å². The number of nitriles is 2. The van der Waals surface area contributed by atoms with E-state index in [0.29, 0.717) is 24.3 Å². The van der Waals surface area contributed by atoms with Crippen LogP contribution in [-0.2, 0) is 4.79 Å². The van der Waals surface area contributed by atoms with Gasteiger partial charge in [-0.2, -0.15) is 15.6 Å². The van der Waals surface area contributed by atoms with E-state index in [-0.39, 0.29) is 23.7 Å². The number of nitrogens with zero attached hydrogens (tertiary/aromatic N) is 5. The molecule has 1 unspecified atom stereocenters. The molecule has 3 amide bonds. The van der Waals surface area contributed by atoms with Crippen LogP contribution in [0.2, 0.25) is 0 Å². The standard InChI is InChI=1S/C16H14N6O2/c1-10-4-5-11(19-20-12(8-17)9-18)7-14(10)22-15(23)13-3-2-6-21(13)16(22)24/h4-5,7,13,19H,2-3,6H2,1H3. The number of aryl methyl sites for hydroxylation is 1. The van der Waals surface area contributed by atoms with Gasteiger partial charge in [0.15, 0.2) is 0 Å². The normalized spacial score (nSPS) is 18.9. The van der Waals surface area contributed by atoms with Gasteiger partial charge in [-0.1, -0.05) is 6.07 Å². The molecular formula is C16H14N6O2. The summed E-state index contributed by atoms with van der Waals surface area (Å²) in [6.45, 7) is 2.41. The van der Waals surface area contributed by atoms with Crippen LogP contribution in [0.1, 0.15) is 18.4 Å². The van der Waals surface area contributed by atoms with E-state index < -0.39 is 0 Å². The Balaban J connectivity index is 1.92. The third-order valence-corrected chi connectivity index (χ3v) is 4.15. The van der Waals surface area contributed by atoms with Gasteiger partial charge in [0.1, 0.15) is 18.2 Å². The summed E-state index contributed by atoms with van der Waals surface area (Å²) >= 11 is 0. The lowest BCUT2D eigenvalue weighted by Crippen LogP contribution is -2.33. The Bertz CT molecular complexity index is 794. The number of nitrogens with one attached hydrogen (secondary N) is 1. The zero-order valence-corrected chi connectivity index (χ0v) is 13.0. The average Bonchev–Trinajstić information content (AvgIpc) is 3.15. The summed E-state index contributed by atoms with van der Waals surface area (Å²) in [6.07, 6.45) is 1.53. The Hall–Kier alpha value is -3.39. The molecule has 1 aromatic carbocycles. The topological polar surface area (TPSA) is 113 Å². The minimum Gasteiger partial charge on any atom is -0.312 e. The predicted octanol–water partition coefficient (Wildman–Crippen LogP) is 1.74. The predicted molar refractivity (Wildman–Crippen MR) is 86.1 cm³/mol. The molecule has 1 aromatic rings. The van der Waals surface area contributed by atoms with Crippen LogP contribution in [0.5, 0.6) is 0 Å². The van der Waals surface area contributed by atoms with Crippen molar-refractivity contribution < 1.29 is 9.59 Å². The molecule has 2 saturated heterocycles. The van der Waals surface area contributed by atoms with E-state index in [9.17, 15) is 9.59 Å². The quantitative estimate of drug-likeness (QED) is 0.517. The van der Waals surface area contributed by atoms with Crippen LogP contribution in [-0.4, -0.2) is 35.1 Å². The van der Waals surface area contributed by atoms with Gasteiger partial charge in [-0.15, -0.1) is 0 Å². The van der Waals surface area contributed by atoms with Crippen LogP contribution in [0, 0.1) is 29.6 Å². The SMILES string of the molecule is Cc1ccc(NN=C(C#N)C#N)cc1N1C(=O)C2CCCN2C1=O. The van der Waals surface area contributed by atoms with Gasteiger partial charge in [0, 0.05) is 6.54 Å². The fourth-order valence-electron chi connectivity index (χ4n) is 2.96. The monoisotopic (exact) mass is 322 g/mol. The van der Waals surface area contributed by atoms with Crippen molar-refractivity contribution in [3.05, 3.63) is 23.8 Å². The van der Waals surface area contributed by atoms with Crippen LogP contribution in [0.4, 0.5) is 16.2 Å². The summed E-state index contributed by atoms with van der Waals surface area (Å²) < 4.78 is 0. The molecule has 0 bridgehead atoms. The lowest BCUT2D eigenvalue weighted by Gasteiger charge is -2.18. The van der Waals surface area contributed by atoms with Crippen molar-refractivity contribution in [2.24, 2.45) is 5.10 Å². The molecule has 24 heavy (non-hydrogen) atoms. The van der Waals surface area contributed by atoms with Crippen LogP contribution < -0.4 is 10.3 Å². The van der Waals surface area contributed by atoms with Crippen molar-refractivity contribution in [1.82, 2.24) is 4.90 Å². The minimum atomic E-state index is -0.365. The van der Waals surface area contributed by atoms with Crippen molar-refractivity contribution in [3.8, 4) is 12.1 Å². The molecule has 8 nitrogen and oxygen atoms in total. The Kier molecular flexibility index (Phi) is 3.88. The number of rotatable bonds is 3. The summed E-state index contributed by atoms with van der Waals surface area (Å²) in [7, 11) is 0. The molecule has 0 aliphatic carbocycles. The fourth-order valence-corrected chi connectivity index (χ4v) is 2.96. The number of imide groups is 1. The maximum atomic E-state index is 12.5. The van der Waals surface area contributed by atoms with Crippen molar-refractivity contribution in [1.29, 1.82) is 10.5 Å². The third kappa shape index (κ3) is 2.44. The molecule has 2 heterocycles. The van der Waals surface area contributed by atoms with E-state index in [1.54, 1.807) is 35.2 Å². The second-order valence-corrected chi connectivity index (χ2v) is 5.60. The van der Waals surface area contributed by atoms with Gasteiger partial charge in [0.05, 0.1) is 11.4 Å². The molecule has 0 saturated carbocycles. The number of hydrazone groups is 1. The molecular weight excluding hydrogens is 308 g/mol. The first-order valence-electron chi connectivity index (χ1n) is 7.46. The first kappa shape index (κ1) is 15.5. The highest BCUT2D eigenvalue weighted by Gasteiger charge is 2.48. The smallest absolute Gasteiger partial charge is 0.312 e. The van der Waals surface area contributed by atoms with E-state index >= 15 is 0 Å². The molecule has 2 fully saturated rings. The molecule has 0 radical (unpaired) electrons. The summed E-state index contributed by atoms with van der Waals surface area (Å²) in [6, 6.07) is 7.68. The summed E-state index contributed by atoms with van der Waals surface area (Å²) in [5.74, 6) is -0.212. The molecule has 1 atom stereocenters. The molecule has 1 N–H and O–H groups in total. The first-order chi connectivity index (χ1) is 11.6. The average molecular weight is 322 g/mol. The highest BCUT2D eigenvalue weighted by atomic mass is 16.2. The van der Waals surface area contributed by atoms with E-state index in [1.807, 2.05) is 6.92 Å². The van der Waals surface area contributed by atoms with Crippen LogP contribution in [0.15, 0.2) is 23.3 Å². The molecule has 0 aromatic heterocycles. The summed E-state index contributed by atoms with van der Waals surface area (Å²) in [4.78, 5) is 27.9. The fraction of sp³-hybridized carbons (Fsp3) is 0.312. The number of hydrogen-bond acceptors (Lipinski definition) is 6. The molecule has 3 rings (SSSR count). The molecule has 8 heteroatoms. The van der Waals surface area contributed by atoms with Gasteiger partial charge in [-0.3, -0.25) is 10.2 Å². The summed E-state index contributed by atoms with van der Waals surface area (Å²) in [5.41, 5.74) is 4.02. The van der Waals surface area contributed by atoms with Crippen molar-refractivity contribution >= 4 is 29.0 Å². The van der Waals surface area contributed by atoms with Crippen molar-refractivity contribution in [3.63, 3.8) is 0 Å². The molecule has 2 aliphatic heterocycles. The second kappa shape index (κ2) is 6.01. The van der Waals surface area contributed by atoms with E-state index in [1.165, 1.54) is 4.90 Å². The van der Waals surface area contributed by atoms with E-state index in [0.717, 1.165) is 12.0 Å². The maximum absolute atomic E-state index is 12.5. The third-order valence-electron chi connectivity index (χ3n) is 4.15. The zero-order chi connectivity index (χ0) is 17.3. The number of carbonyl (C=O) groups is 2. The maximum Gasteiger partial charge on any atom is 0.332 e. The molecule has 2 aliphatic rings. The Morgan fingerprint density at radius 3 is 2.75 bits per heavy atom. The summed E-state index contributed by atoms with van der Waals surface area (Å²) in [5, 5.41) is 21.0. The lowest BCUT2D eigenvalue weighted by atomic mass is 10.1. The Labute approximate surface area is 138 Å². The van der Waals surface area contributed by atoms with Crippen LogP contribution in [0.3, 0.4) is 0 Å². The van der Waals surface area contributed by atoms with Crippen LogP contribution >= 0.6 is 0 Å². The lowest BCUT2D eigenvalue weighted by molar-refractivity contribution is -0.119. The first-order valence-corrected chi connectivity index (χ1v) is 7.46. The van der Waals surface area contributed by atoms with E-state index in [4.69, 9.17) is 10.5 Å². The zero-order valence-electron chi connectivity index (χ0n) is 13.0. The number of hydrogen-bond donors (Lipinski definition) is 1. The van der Waals surface area contributed by atoms with Crippen LogP contribution in [0.25, 0.3) is 0 Å². The number of carbonyl (C=O) groups excluding carboxylic acids is 2. The second-order valence-electron chi connectivity index (χ2n) is 5.60. The highest BCUT2D eigenvalue weighted by Crippen LogP contribution is 2.34. The Morgan fingerprint density at radius 1 is 1.33 bits per heavy atom. The van der Waals surface area contributed by atoms with Crippen molar-refractivity contribution in [2.45, 2.75) is 25.8 Å². The molecule has 0 spiro atoms.